The molecule has 2 bridgehead atoms. The Bertz CT molecular complexity index is 696. The minimum atomic E-state index is -4.50. The Hall–Kier alpha value is -1.67. The molecule has 2 nitrogen and oxygen atoms in total. The number of phenolic OH excluding ortho intramolecular Hbond substituents is 1. The fourth-order valence-electron chi connectivity index (χ4n) is 3.77. The zero-order chi connectivity index (χ0) is 18.8. The summed E-state index contributed by atoms with van der Waals surface area (Å²) in [6.45, 7) is 1.15. The summed E-state index contributed by atoms with van der Waals surface area (Å²) in [6.07, 6.45) is -9.52. The van der Waals surface area contributed by atoms with E-state index in [2.05, 4.69) is 4.74 Å². The Morgan fingerprint density at radius 2 is 1.64 bits per heavy atom. The van der Waals surface area contributed by atoms with Crippen molar-refractivity contribution >= 4 is 0 Å². The highest BCUT2D eigenvalue weighted by atomic mass is 19.3. The smallest absolute Gasteiger partial charge is 0.406 e. The summed E-state index contributed by atoms with van der Waals surface area (Å²) in [5.41, 5.74) is -4.56. The molecule has 0 aromatic heterocycles. The normalized spacial score (nSPS) is 34.2. The number of hydrogen-bond donors (Lipinski definition) is 1. The van der Waals surface area contributed by atoms with E-state index in [1.807, 2.05) is 0 Å². The lowest BCUT2D eigenvalue weighted by Gasteiger charge is -2.58. The van der Waals surface area contributed by atoms with E-state index < -0.39 is 65.0 Å². The maximum Gasteiger partial charge on any atom is 0.406 e. The van der Waals surface area contributed by atoms with Crippen molar-refractivity contribution in [2.45, 2.75) is 50.8 Å². The molecule has 3 saturated carbocycles. The highest BCUT2D eigenvalue weighted by Gasteiger charge is 2.77. The van der Waals surface area contributed by atoms with Crippen LogP contribution in [-0.4, -0.2) is 23.3 Å². The van der Waals surface area contributed by atoms with Gasteiger partial charge in [0.15, 0.2) is 17.7 Å². The molecule has 3 aliphatic rings. The third-order valence-corrected chi connectivity index (χ3v) is 5.70. The summed E-state index contributed by atoms with van der Waals surface area (Å²) in [7, 11) is 0. The Kier molecular flexibility index (Phi) is 3.75. The number of alkyl halides is 5. The summed E-state index contributed by atoms with van der Waals surface area (Å²) in [4.78, 5) is 0. The van der Waals surface area contributed by atoms with Gasteiger partial charge in [-0.25, -0.2) is 13.2 Å². The number of benzene rings is 1. The van der Waals surface area contributed by atoms with Crippen LogP contribution >= 0.6 is 0 Å². The third-order valence-electron chi connectivity index (χ3n) is 5.70. The Morgan fingerprint density at radius 1 is 1.08 bits per heavy atom. The largest absolute Gasteiger partial charge is 0.505 e. The number of aromatic hydroxyl groups is 1. The van der Waals surface area contributed by atoms with Crippen LogP contribution in [0.5, 0.6) is 11.5 Å². The Balaban J connectivity index is 1.99. The third kappa shape index (κ3) is 2.23. The monoisotopic (exact) mass is 372 g/mol. The number of phenols is 1. The number of hydrogen-bond acceptors (Lipinski definition) is 2. The average molecular weight is 372 g/mol. The van der Waals surface area contributed by atoms with Crippen LogP contribution in [-0.2, 0) is 0 Å². The summed E-state index contributed by atoms with van der Waals surface area (Å²) < 4.78 is 103. The van der Waals surface area contributed by atoms with Gasteiger partial charge in [-0.3, -0.25) is 0 Å². The van der Waals surface area contributed by atoms with Crippen LogP contribution in [0, 0.1) is 22.5 Å². The minimum Gasteiger partial charge on any atom is -0.505 e. The van der Waals surface area contributed by atoms with Crippen LogP contribution in [0.25, 0.3) is 0 Å². The number of fused-ring (bicyclic) bond motifs is 3. The van der Waals surface area contributed by atoms with Crippen LogP contribution in [0.4, 0.5) is 30.7 Å². The maximum absolute atomic E-state index is 14.7. The van der Waals surface area contributed by atoms with Gasteiger partial charge < -0.3 is 9.84 Å². The predicted molar refractivity (Wildman–Crippen MR) is 72.4 cm³/mol. The molecule has 0 amide bonds. The minimum absolute atomic E-state index is 0.341. The maximum atomic E-state index is 14.7. The van der Waals surface area contributed by atoms with E-state index in [-0.39, 0.29) is 12.8 Å². The molecule has 0 aliphatic heterocycles. The SMILES string of the molecule is CC12CCC(C(F)(F)Oc3ccc(O)c(F)c3F)(CC1)C(F)C2(F)F. The molecule has 140 valence electrons. The van der Waals surface area contributed by atoms with E-state index in [1.165, 1.54) is 0 Å². The van der Waals surface area contributed by atoms with Gasteiger partial charge in [0.2, 0.25) is 11.6 Å². The fourth-order valence-corrected chi connectivity index (χ4v) is 3.77. The van der Waals surface area contributed by atoms with E-state index in [1.54, 1.807) is 0 Å². The fraction of sp³-hybridized carbons (Fsp3) is 0.625. The first-order chi connectivity index (χ1) is 11.4. The van der Waals surface area contributed by atoms with E-state index >= 15 is 0 Å². The number of ether oxygens (including phenoxy) is 1. The van der Waals surface area contributed by atoms with Crippen molar-refractivity contribution in [2.75, 3.05) is 0 Å². The van der Waals surface area contributed by atoms with E-state index in [4.69, 9.17) is 5.11 Å². The second-order valence-corrected chi connectivity index (χ2v) is 7.03. The van der Waals surface area contributed by atoms with Gasteiger partial charge in [-0.2, -0.15) is 17.6 Å². The molecule has 3 aliphatic carbocycles. The molecule has 3 fully saturated rings. The van der Waals surface area contributed by atoms with Crippen molar-refractivity contribution in [1.29, 1.82) is 0 Å². The summed E-state index contributed by atoms with van der Waals surface area (Å²) in [5, 5.41) is 9.00. The van der Waals surface area contributed by atoms with E-state index in [0.29, 0.717) is 12.1 Å². The molecule has 0 spiro atoms. The molecule has 1 aromatic rings. The predicted octanol–water partition coefficient (Wildman–Crippen LogP) is 5.20. The van der Waals surface area contributed by atoms with Gasteiger partial charge in [0.25, 0.3) is 5.92 Å². The summed E-state index contributed by atoms with van der Waals surface area (Å²) >= 11 is 0. The molecule has 0 heterocycles. The second-order valence-electron chi connectivity index (χ2n) is 7.03. The molecular formula is C16H15F7O2. The lowest BCUT2D eigenvalue weighted by atomic mass is 9.51. The molecule has 25 heavy (non-hydrogen) atoms. The van der Waals surface area contributed by atoms with Gasteiger partial charge in [0, 0.05) is 5.41 Å². The molecule has 9 heteroatoms. The summed E-state index contributed by atoms with van der Waals surface area (Å²) in [5.74, 6) is -10.1. The molecule has 1 atom stereocenters. The summed E-state index contributed by atoms with van der Waals surface area (Å²) in [6, 6.07) is 1.10. The Labute approximate surface area is 138 Å². The molecule has 0 radical (unpaired) electrons. The van der Waals surface area contributed by atoms with E-state index in [0.717, 1.165) is 6.92 Å². The van der Waals surface area contributed by atoms with Crippen molar-refractivity contribution in [2.24, 2.45) is 10.8 Å². The van der Waals surface area contributed by atoms with Crippen LogP contribution in [0.2, 0.25) is 0 Å². The molecular weight excluding hydrogens is 357 g/mol. The zero-order valence-corrected chi connectivity index (χ0v) is 13.1. The van der Waals surface area contributed by atoms with Gasteiger partial charge in [-0.1, -0.05) is 6.92 Å². The van der Waals surface area contributed by atoms with Gasteiger partial charge in [-0.15, -0.1) is 0 Å². The lowest BCUT2D eigenvalue weighted by molar-refractivity contribution is -0.359. The van der Waals surface area contributed by atoms with Gasteiger partial charge in [0.1, 0.15) is 5.41 Å². The van der Waals surface area contributed by atoms with Gasteiger partial charge in [0.05, 0.1) is 0 Å². The highest BCUT2D eigenvalue weighted by molar-refractivity contribution is 5.34. The first kappa shape index (κ1) is 18.1. The van der Waals surface area contributed by atoms with Crippen molar-refractivity contribution in [3.8, 4) is 11.5 Å². The van der Waals surface area contributed by atoms with Crippen molar-refractivity contribution in [3.05, 3.63) is 23.8 Å². The topological polar surface area (TPSA) is 29.5 Å². The van der Waals surface area contributed by atoms with Crippen LogP contribution < -0.4 is 4.74 Å². The zero-order valence-electron chi connectivity index (χ0n) is 13.1. The molecule has 0 saturated heterocycles. The van der Waals surface area contributed by atoms with E-state index in [9.17, 15) is 30.7 Å². The van der Waals surface area contributed by atoms with Gasteiger partial charge >= 0.3 is 6.11 Å². The van der Waals surface area contributed by atoms with Crippen molar-refractivity contribution in [1.82, 2.24) is 0 Å². The number of halogens is 7. The molecule has 4 rings (SSSR count). The van der Waals surface area contributed by atoms with Gasteiger partial charge in [-0.05, 0) is 37.8 Å². The molecule has 1 unspecified atom stereocenters. The molecule has 1 aromatic carbocycles. The average Bonchev–Trinajstić information content (AvgIpc) is 2.54. The first-order valence-corrected chi connectivity index (χ1v) is 7.64. The first-order valence-electron chi connectivity index (χ1n) is 7.64. The van der Waals surface area contributed by atoms with Crippen molar-refractivity contribution < 1.29 is 40.6 Å². The second kappa shape index (κ2) is 5.17. The van der Waals surface area contributed by atoms with Crippen LogP contribution in [0.3, 0.4) is 0 Å². The van der Waals surface area contributed by atoms with Crippen molar-refractivity contribution in [3.63, 3.8) is 0 Å². The standard InChI is InChI=1S/C16H15F7O2/c1-13-4-6-14(7-5-13,12(19)15(13,20)21)16(22,23)25-9-3-2-8(24)10(17)11(9)18/h2-3,12,24H,4-7H2,1H3. The van der Waals surface area contributed by atoms with Crippen LogP contribution in [0.1, 0.15) is 32.6 Å². The quantitative estimate of drug-likeness (QED) is 0.740. The Morgan fingerprint density at radius 3 is 2.20 bits per heavy atom. The highest BCUT2D eigenvalue weighted by Crippen LogP contribution is 2.68. The van der Waals surface area contributed by atoms with Crippen LogP contribution in [0.15, 0.2) is 12.1 Å². The lowest BCUT2D eigenvalue weighted by Crippen LogP contribution is -2.68. The number of rotatable bonds is 3. The molecule has 1 N–H and O–H groups in total.